The maximum Gasteiger partial charge on any atom is 0.323 e. The van der Waals surface area contributed by atoms with Crippen molar-refractivity contribution in [2.45, 2.75) is 44.7 Å². The molecule has 6 heteroatoms. The van der Waals surface area contributed by atoms with Crippen molar-refractivity contribution in [2.75, 3.05) is 31.5 Å². The molecule has 2 heterocycles. The van der Waals surface area contributed by atoms with Crippen LogP contribution in [-0.4, -0.2) is 51.8 Å². The van der Waals surface area contributed by atoms with Gasteiger partial charge in [0.15, 0.2) is 0 Å². The molecule has 2 aromatic rings. The molecular formula is C21H29N5O. The Morgan fingerprint density at radius 1 is 1.00 bits per heavy atom. The highest BCUT2D eigenvalue weighted by atomic mass is 16.2. The summed E-state index contributed by atoms with van der Waals surface area (Å²) in [5.74, 6) is 0.832. The second kappa shape index (κ2) is 8.57. The molecule has 0 bridgehead atoms. The number of rotatable bonds is 4. The molecule has 0 atom stereocenters. The molecular weight excluding hydrogens is 338 g/mol. The van der Waals surface area contributed by atoms with Crippen LogP contribution < -0.4 is 5.32 Å². The Morgan fingerprint density at radius 2 is 1.74 bits per heavy atom. The van der Waals surface area contributed by atoms with Crippen molar-refractivity contribution >= 4 is 11.8 Å². The van der Waals surface area contributed by atoms with E-state index in [1.165, 1.54) is 24.8 Å². The zero-order chi connectivity index (χ0) is 18.5. The standard InChI is InChI=1S/C21H29N5O/c27-21(23-20-11-12-22-26(20)19-9-5-2-6-10-19)25-15-13-24(14-16-25)17-18-7-3-1-4-8-18/h1,3-4,7-8,11-12,19H,2,5-6,9-10,13-17H2,(H,23,27). The molecule has 2 aliphatic rings. The average molecular weight is 367 g/mol. The topological polar surface area (TPSA) is 53.4 Å². The van der Waals surface area contributed by atoms with Crippen LogP contribution in [0.15, 0.2) is 42.6 Å². The zero-order valence-electron chi connectivity index (χ0n) is 15.9. The number of urea groups is 1. The first-order chi connectivity index (χ1) is 13.3. The molecule has 0 unspecified atom stereocenters. The normalized spacial score (nSPS) is 19.2. The van der Waals surface area contributed by atoms with E-state index in [1.807, 2.05) is 21.7 Å². The molecule has 0 spiro atoms. The predicted octanol–water partition coefficient (Wildman–Crippen LogP) is 3.74. The summed E-state index contributed by atoms with van der Waals surface area (Å²) < 4.78 is 2.02. The van der Waals surface area contributed by atoms with Crippen LogP contribution in [0.5, 0.6) is 0 Å². The van der Waals surface area contributed by atoms with Crippen LogP contribution in [-0.2, 0) is 6.54 Å². The quantitative estimate of drug-likeness (QED) is 0.896. The number of carbonyl (C=O) groups excluding carboxylic acids is 1. The number of aromatic nitrogens is 2. The van der Waals surface area contributed by atoms with Crippen LogP contribution in [0.2, 0.25) is 0 Å². The van der Waals surface area contributed by atoms with Crippen molar-refractivity contribution in [3.63, 3.8) is 0 Å². The summed E-state index contributed by atoms with van der Waals surface area (Å²) >= 11 is 0. The van der Waals surface area contributed by atoms with Gasteiger partial charge in [-0.25, -0.2) is 9.48 Å². The molecule has 1 saturated heterocycles. The van der Waals surface area contributed by atoms with Gasteiger partial charge in [0.2, 0.25) is 0 Å². The summed E-state index contributed by atoms with van der Waals surface area (Å²) in [6, 6.07) is 12.8. The number of hydrogen-bond acceptors (Lipinski definition) is 3. The van der Waals surface area contributed by atoms with Gasteiger partial charge in [0.05, 0.1) is 12.2 Å². The maximum atomic E-state index is 12.7. The van der Waals surface area contributed by atoms with Gasteiger partial charge in [-0.05, 0) is 18.4 Å². The molecule has 2 fully saturated rings. The van der Waals surface area contributed by atoms with E-state index in [4.69, 9.17) is 0 Å². The molecule has 6 nitrogen and oxygen atoms in total. The highest BCUT2D eigenvalue weighted by Gasteiger charge is 2.23. The lowest BCUT2D eigenvalue weighted by molar-refractivity contribution is 0.143. The average Bonchev–Trinajstić information content (AvgIpc) is 3.18. The minimum atomic E-state index is -0.00748. The van der Waals surface area contributed by atoms with Crippen molar-refractivity contribution in [1.29, 1.82) is 0 Å². The van der Waals surface area contributed by atoms with Gasteiger partial charge in [0.1, 0.15) is 5.82 Å². The number of carbonyl (C=O) groups is 1. The number of anilines is 1. The highest BCUT2D eigenvalue weighted by Crippen LogP contribution is 2.30. The molecule has 1 aromatic heterocycles. The van der Waals surface area contributed by atoms with Gasteiger partial charge >= 0.3 is 6.03 Å². The first kappa shape index (κ1) is 18.0. The summed E-state index contributed by atoms with van der Waals surface area (Å²) in [5, 5.41) is 7.56. The van der Waals surface area contributed by atoms with Crippen LogP contribution in [0, 0.1) is 0 Å². The van der Waals surface area contributed by atoms with Crippen LogP contribution in [0.3, 0.4) is 0 Å². The second-order valence-corrected chi connectivity index (χ2v) is 7.63. The monoisotopic (exact) mass is 367 g/mol. The summed E-state index contributed by atoms with van der Waals surface area (Å²) in [4.78, 5) is 17.0. The summed E-state index contributed by atoms with van der Waals surface area (Å²) in [6.07, 6.45) is 7.92. The third kappa shape index (κ3) is 4.50. The number of piperazine rings is 1. The van der Waals surface area contributed by atoms with E-state index in [2.05, 4.69) is 39.6 Å². The Kier molecular flexibility index (Phi) is 5.72. The molecule has 0 radical (unpaired) electrons. The fraction of sp³-hybridized carbons (Fsp3) is 0.524. The van der Waals surface area contributed by atoms with E-state index in [-0.39, 0.29) is 6.03 Å². The SMILES string of the molecule is O=C(Nc1ccnn1C1CCCCC1)N1CCN(Cc2ccccc2)CC1. The lowest BCUT2D eigenvalue weighted by Gasteiger charge is -2.34. The van der Waals surface area contributed by atoms with Gasteiger partial charge < -0.3 is 4.90 Å². The number of hydrogen-bond donors (Lipinski definition) is 1. The number of benzene rings is 1. The van der Waals surface area contributed by atoms with Crippen molar-refractivity contribution in [2.24, 2.45) is 0 Å². The minimum Gasteiger partial charge on any atom is -0.322 e. The smallest absolute Gasteiger partial charge is 0.322 e. The highest BCUT2D eigenvalue weighted by molar-refractivity contribution is 5.88. The molecule has 1 N–H and O–H groups in total. The van der Waals surface area contributed by atoms with E-state index >= 15 is 0 Å². The molecule has 1 saturated carbocycles. The van der Waals surface area contributed by atoms with Crippen molar-refractivity contribution in [1.82, 2.24) is 19.6 Å². The summed E-state index contributed by atoms with van der Waals surface area (Å²) in [7, 11) is 0. The molecule has 144 valence electrons. The number of nitrogens with one attached hydrogen (secondary N) is 1. The van der Waals surface area contributed by atoms with E-state index in [0.717, 1.165) is 51.4 Å². The van der Waals surface area contributed by atoms with E-state index in [0.29, 0.717) is 6.04 Å². The minimum absolute atomic E-state index is 0.00748. The Hall–Kier alpha value is -2.34. The van der Waals surface area contributed by atoms with E-state index < -0.39 is 0 Å². The summed E-state index contributed by atoms with van der Waals surface area (Å²) in [6.45, 7) is 4.28. The zero-order valence-corrected chi connectivity index (χ0v) is 15.9. The molecule has 4 rings (SSSR count). The predicted molar refractivity (Wildman–Crippen MR) is 107 cm³/mol. The van der Waals surface area contributed by atoms with Gasteiger partial charge in [0, 0.05) is 38.8 Å². The van der Waals surface area contributed by atoms with Crippen LogP contribution in [0.4, 0.5) is 10.6 Å². The van der Waals surface area contributed by atoms with E-state index in [9.17, 15) is 4.79 Å². The number of nitrogens with zero attached hydrogens (tertiary/aromatic N) is 4. The summed E-state index contributed by atoms with van der Waals surface area (Å²) in [5.41, 5.74) is 1.33. The molecule has 1 aliphatic carbocycles. The number of amides is 2. The fourth-order valence-electron chi connectivity index (χ4n) is 4.17. The van der Waals surface area contributed by atoms with Crippen molar-refractivity contribution in [3.05, 3.63) is 48.2 Å². The Labute approximate surface area is 161 Å². The third-order valence-corrected chi connectivity index (χ3v) is 5.73. The van der Waals surface area contributed by atoms with Crippen LogP contribution in [0.1, 0.15) is 43.7 Å². The Morgan fingerprint density at radius 3 is 2.48 bits per heavy atom. The Bertz CT molecular complexity index is 730. The van der Waals surface area contributed by atoms with Crippen molar-refractivity contribution in [3.8, 4) is 0 Å². The first-order valence-electron chi connectivity index (χ1n) is 10.2. The van der Waals surface area contributed by atoms with Crippen LogP contribution in [0.25, 0.3) is 0 Å². The van der Waals surface area contributed by atoms with Gasteiger partial charge in [-0.15, -0.1) is 0 Å². The van der Waals surface area contributed by atoms with Gasteiger partial charge in [-0.3, -0.25) is 10.2 Å². The lowest BCUT2D eigenvalue weighted by atomic mass is 9.96. The molecule has 1 aromatic carbocycles. The fourth-order valence-corrected chi connectivity index (χ4v) is 4.17. The molecule has 2 amide bonds. The second-order valence-electron chi connectivity index (χ2n) is 7.63. The van der Waals surface area contributed by atoms with Gasteiger partial charge in [0.25, 0.3) is 0 Å². The third-order valence-electron chi connectivity index (χ3n) is 5.73. The Balaban J connectivity index is 1.29. The largest absolute Gasteiger partial charge is 0.323 e. The van der Waals surface area contributed by atoms with Gasteiger partial charge in [-0.1, -0.05) is 49.6 Å². The molecule has 1 aliphatic heterocycles. The van der Waals surface area contributed by atoms with Crippen LogP contribution >= 0.6 is 0 Å². The molecule has 27 heavy (non-hydrogen) atoms. The van der Waals surface area contributed by atoms with E-state index in [1.54, 1.807) is 6.20 Å². The first-order valence-corrected chi connectivity index (χ1v) is 10.2. The van der Waals surface area contributed by atoms with Gasteiger partial charge in [-0.2, -0.15) is 5.10 Å². The lowest BCUT2D eigenvalue weighted by Crippen LogP contribution is -2.49. The maximum absolute atomic E-state index is 12.7. The van der Waals surface area contributed by atoms with Crippen molar-refractivity contribution < 1.29 is 4.79 Å².